The minimum absolute atomic E-state index is 0.266. The van der Waals surface area contributed by atoms with Crippen molar-refractivity contribution >= 4 is 11.9 Å². The number of imide groups is 1. The van der Waals surface area contributed by atoms with Crippen LogP contribution >= 0.6 is 0 Å². The second kappa shape index (κ2) is 2.00. The van der Waals surface area contributed by atoms with Crippen LogP contribution in [0.3, 0.4) is 0 Å². The number of carbonyl (C=O) groups excluding carboxylic acids is 2. The Balaban J connectivity index is 2.33. The number of hydrogen-bond acceptors (Lipinski definition) is 3. The lowest BCUT2D eigenvalue weighted by molar-refractivity contribution is -0.129. The molecule has 0 aromatic heterocycles. The third-order valence-corrected chi connectivity index (χ3v) is 2.28. The summed E-state index contributed by atoms with van der Waals surface area (Å²) in [6, 6.07) is -0.446. The molecule has 0 aliphatic carbocycles. The second-order valence-corrected chi connectivity index (χ2v) is 3.14. The Morgan fingerprint density at radius 2 is 2.25 bits per heavy atom. The lowest BCUT2D eigenvalue weighted by Crippen LogP contribution is -2.64. The summed E-state index contributed by atoms with van der Waals surface area (Å²) >= 11 is 0. The maximum atomic E-state index is 11.3. The SMILES string of the molecule is CC12C=CNC1NC(=O)NC2=O. The van der Waals surface area contributed by atoms with Gasteiger partial charge in [0.05, 0.1) is 0 Å². The molecule has 1 saturated heterocycles. The highest BCUT2D eigenvalue weighted by atomic mass is 16.2. The zero-order valence-corrected chi connectivity index (χ0v) is 6.55. The molecule has 2 heterocycles. The van der Waals surface area contributed by atoms with Crippen molar-refractivity contribution in [1.29, 1.82) is 0 Å². The lowest BCUT2D eigenvalue weighted by atomic mass is 9.86. The molecule has 0 aromatic rings. The standard InChI is InChI=1S/C7H9N3O2/c1-7-2-3-8-4(7)9-6(12)10-5(7)11/h2-4,8H,1H3,(H2,9,10,11,12). The zero-order valence-electron chi connectivity index (χ0n) is 6.55. The molecule has 5 heteroatoms. The van der Waals surface area contributed by atoms with Gasteiger partial charge in [0.25, 0.3) is 0 Å². The maximum Gasteiger partial charge on any atom is 0.323 e. The molecule has 64 valence electrons. The molecule has 3 amide bonds. The number of amides is 3. The number of rotatable bonds is 0. The molecule has 0 spiro atoms. The topological polar surface area (TPSA) is 70.2 Å². The molecule has 2 atom stereocenters. The van der Waals surface area contributed by atoms with Gasteiger partial charge in [-0.25, -0.2) is 4.79 Å². The molecule has 2 rings (SSSR count). The molecule has 0 aromatic carbocycles. The molecule has 0 saturated carbocycles. The summed E-state index contributed by atoms with van der Waals surface area (Å²) in [6.07, 6.45) is 3.11. The van der Waals surface area contributed by atoms with Crippen molar-refractivity contribution in [2.24, 2.45) is 5.41 Å². The van der Waals surface area contributed by atoms with Crippen LogP contribution in [0, 0.1) is 5.41 Å². The van der Waals surface area contributed by atoms with Crippen LogP contribution in [0.15, 0.2) is 12.3 Å². The number of nitrogens with one attached hydrogen (secondary N) is 3. The molecular formula is C7H9N3O2. The van der Waals surface area contributed by atoms with E-state index in [-0.39, 0.29) is 12.1 Å². The van der Waals surface area contributed by atoms with Gasteiger partial charge in [-0.15, -0.1) is 0 Å². The van der Waals surface area contributed by atoms with E-state index in [0.29, 0.717) is 0 Å². The first-order valence-corrected chi connectivity index (χ1v) is 3.68. The van der Waals surface area contributed by atoms with Crippen LogP contribution < -0.4 is 16.0 Å². The van der Waals surface area contributed by atoms with Gasteiger partial charge < -0.3 is 10.6 Å². The van der Waals surface area contributed by atoms with Crippen LogP contribution in [0.2, 0.25) is 0 Å². The Labute approximate surface area is 69.2 Å². The Hall–Kier alpha value is -1.52. The highest BCUT2D eigenvalue weighted by molar-refractivity contribution is 6.01. The molecule has 2 aliphatic rings. The fourth-order valence-electron chi connectivity index (χ4n) is 1.39. The summed E-state index contributed by atoms with van der Waals surface area (Å²) in [5, 5.41) is 7.70. The molecule has 3 N–H and O–H groups in total. The van der Waals surface area contributed by atoms with Crippen LogP contribution in [-0.2, 0) is 4.79 Å². The minimum Gasteiger partial charge on any atom is -0.370 e. The average Bonchev–Trinajstić information content (AvgIpc) is 2.33. The summed E-state index contributed by atoms with van der Waals surface area (Å²) in [5.41, 5.74) is -0.645. The monoisotopic (exact) mass is 167 g/mol. The van der Waals surface area contributed by atoms with Crippen LogP contribution in [-0.4, -0.2) is 18.1 Å². The van der Waals surface area contributed by atoms with Gasteiger partial charge in [0.15, 0.2) is 0 Å². The van der Waals surface area contributed by atoms with Gasteiger partial charge in [-0.2, -0.15) is 0 Å². The third-order valence-electron chi connectivity index (χ3n) is 2.28. The second-order valence-electron chi connectivity index (χ2n) is 3.14. The zero-order chi connectivity index (χ0) is 8.77. The van der Waals surface area contributed by atoms with E-state index in [0.717, 1.165) is 0 Å². The van der Waals surface area contributed by atoms with Crippen LogP contribution in [0.1, 0.15) is 6.92 Å². The van der Waals surface area contributed by atoms with Gasteiger partial charge in [-0.1, -0.05) is 0 Å². The van der Waals surface area contributed by atoms with E-state index >= 15 is 0 Å². The summed E-state index contributed by atoms with van der Waals surface area (Å²) in [4.78, 5) is 22.2. The largest absolute Gasteiger partial charge is 0.370 e. The van der Waals surface area contributed by atoms with Gasteiger partial charge in [0, 0.05) is 0 Å². The van der Waals surface area contributed by atoms with Gasteiger partial charge in [-0.3, -0.25) is 10.1 Å². The van der Waals surface area contributed by atoms with Gasteiger partial charge in [-0.05, 0) is 19.2 Å². The van der Waals surface area contributed by atoms with E-state index in [1.165, 1.54) is 0 Å². The van der Waals surface area contributed by atoms with Crippen molar-refractivity contribution in [3.63, 3.8) is 0 Å². The lowest BCUT2D eigenvalue weighted by Gasteiger charge is -2.33. The van der Waals surface area contributed by atoms with Crippen LogP contribution in [0.4, 0.5) is 4.79 Å². The number of fused-ring (bicyclic) bond motifs is 1. The quantitative estimate of drug-likeness (QED) is 0.445. The first-order chi connectivity index (χ1) is 5.63. The average molecular weight is 167 g/mol. The highest BCUT2D eigenvalue weighted by Crippen LogP contribution is 2.28. The fourth-order valence-corrected chi connectivity index (χ4v) is 1.39. The van der Waals surface area contributed by atoms with Crippen molar-refractivity contribution in [2.45, 2.75) is 13.1 Å². The summed E-state index contributed by atoms with van der Waals surface area (Å²) in [5.74, 6) is -0.266. The molecule has 2 unspecified atom stereocenters. The van der Waals surface area contributed by atoms with E-state index in [9.17, 15) is 9.59 Å². The fraction of sp³-hybridized carbons (Fsp3) is 0.429. The van der Waals surface area contributed by atoms with Crippen molar-refractivity contribution in [2.75, 3.05) is 0 Å². The predicted molar refractivity (Wildman–Crippen MR) is 40.8 cm³/mol. The van der Waals surface area contributed by atoms with Gasteiger partial charge in [0.2, 0.25) is 5.91 Å². The normalized spacial score (nSPS) is 38.2. The first kappa shape index (κ1) is 7.15. The Morgan fingerprint density at radius 3 is 3.00 bits per heavy atom. The van der Waals surface area contributed by atoms with Crippen LogP contribution in [0.5, 0.6) is 0 Å². The third kappa shape index (κ3) is 0.731. The minimum atomic E-state index is -0.645. The predicted octanol–water partition coefficient (Wildman–Crippen LogP) is -0.725. The van der Waals surface area contributed by atoms with Crippen molar-refractivity contribution < 1.29 is 9.59 Å². The Bertz CT molecular complexity index is 286. The molecule has 0 radical (unpaired) electrons. The number of hydrogen-bond donors (Lipinski definition) is 3. The molecule has 1 fully saturated rings. The summed E-state index contributed by atoms with van der Waals surface area (Å²) in [6.45, 7) is 1.77. The van der Waals surface area contributed by atoms with E-state index in [2.05, 4.69) is 16.0 Å². The molecule has 5 nitrogen and oxygen atoms in total. The first-order valence-electron chi connectivity index (χ1n) is 3.68. The Morgan fingerprint density at radius 1 is 1.50 bits per heavy atom. The van der Waals surface area contributed by atoms with Gasteiger partial charge >= 0.3 is 6.03 Å². The van der Waals surface area contributed by atoms with Crippen LogP contribution in [0.25, 0.3) is 0 Å². The van der Waals surface area contributed by atoms with E-state index in [1.807, 2.05) is 0 Å². The molecule has 0 bridgehead atoms. The molecule has 2 aliphatic heterocycles. The van der Waals surface area contributed by atoms with E-state index in [4.69, 9.17) is 0 Å². The Kier molecular flexibility index (Phi) is 1.19. The smallest absolute Gasteiger partial charge is 0.323 e. The van der Waals surface area contributed by atoms with Gasteiger partial charge in [0.1, 0.15) is 11.6 Å². The summed E-state index contributed by atoms with van der Waals surface area (Å²) < 4.78 is 0. The van der Waals surface area contributed by atoms with Crippen molar-refractivity contribution in [1.82, 2.24) is 16.0 Å². The number of urea groups is 1. The highest BCUT2D eigenvalue weighted by Gasteiger charge is 2.46. The van der Waals surface area contributed by atoms with Crippen molar-refractivity contribution in [3.8, 4) is 0 Å². The van der Waals surface area contributed by atoms with E-state index in [1.54, 1.807) is 19.2 Å². The molecule has 12 heavy (non-hydrogen) atoms. The molecular weight excluding hydrogens is 158 g/mol. The maximum absolute atomic E-state index is 11.3. The summed E-state index contributed by atoms with van der Waals surface area (Å²) in [7, 11) is 0. The number of carbonyl (C=O) groups is 2. The van der Waals surface area contributed by atoms with E-state index < -0.39 is 11.4 Å². The van der Waals surface area contributed by atoms with Crippen molar-refractivity contribution in [3.05, 3.63) is 12.3 Å².